The highest BCUT2D eigenvalue weighted by Crippen LogP contribution is 2.70. The molecular formula is C48H71FO9. The number of aliphatic hydroxyl groups is 6. The van der Waals surface area contributed by atoms with Crippen LogP contribution in [0.4, 0.5) is 4.39 Å². The number of ether oxygens (including phenoxy) is 1. The van der Waals surface area contributed by atoms with Crippen molar-refractivity contribution in [2.45, 2.75) is 167 Å². The summed E-state index contributed by atoms with van der Waals surface area (Å²) < 4.78 is 23.0. The summed E-state index contributed by atoms with van der Waals surface area (Å²) in [5.41, 5.74) is -2.35. The minimum absolute atomic E-state index is 0.0676. The van der Waals surface area contributed by atoms with Gasteiger partial charge in [0.2, 0.25) is 0 Å². The van der Waals surface area contributed by atoms with E-state index in [-0.39, 0.29) is 29.6 Å². The van der Waals surface area contributed by atoms with E-state index in [9.17, 15) is 40.2 Å². The first-order valence-electron chi connectivity index (χ1n) is 21.9. The fraction of sp³-hybridized carbons (Fsp3) is 0.750. The van der Waals surface area contributed by atoms with Gasteiger partial charge in [0.15, 0.2) is 17.2 Å². The van der Waals surface area contributed by atoms with Crippen LogP contribution >= 0.6 is 0 Å². The lowest BCUT2D eigenvalue weighted by Gasteiger charge is -2.62. The van der Waals surface area contributed by atoms with Crippen molar-refractivity contribution < 1.29 is 49.4 Å². The van der Waals surface area contributed by atoms with E-state index in [1.807, 2.05) is 13.8 Å². The summed E-state index contributed by atoms with van der Waals surface area (Å²) in [7, 11) is 0. The molecule has 0 bridgehead atoms. The van der Waals surface area contributed by atoms with Gasteiger partial charge in [-0.05, 0) is 151 Å². The molecule has 0 unspecified atom stereocenters. The molecule has 0 spiro atoms. The van der Waals surface area contributed by atoms with Crippen LogP contribution in [0.5, 0.6) is 0 Å². The Balaban J connectivity index is 0.000000196. The van der Waals surface area contributed by atoms with Crippen LogP contribution in [0, 0.1) is 45.8 Å². The Hall–Kier alpha value is -2.31. The van der Waals surface area contributed by atoms with Crippen LogP contribution in [0.15, 0.2) is 59.3 Å². The topological polar surface area (TPSA) is 165 Å². The molecule has 0 aromatic carbocycles. The molecule has 0 amide bonds. The molecule has 6 N–H and O–H groups in total. The number of aliphatic hydroxyl groups excluding tert-OH is 4. The third-order valence-corrected chi connectivity index (χ3v) is 16.8. The molecule has 14 atom stereocenters. The molecule has 10 heteroatoms. The van der Waals surface area contributed by atoms with Crippen molar-refractivity contribution in [3.63, 3.8) is 0 Å². The van der Waals surface area contributed by atoms with Crippen molar-refractivity contribution in [1.82, 2.24) is 0 Å². The smallest absolute Gasteiger partial charge is 0.190 e. The molecule has 7 aliphatic carbocycles. The van der Waals surface area contributed by atoms with Crippen molar-refractivity contribution in [1.29, 1.82) is 0 Å². The summed E-state index contributed by atoms with van der Waals surface area (Å²) in [4.78, 5) is 24.4. The molecule has 0 heterocycles. The number of fused-ring (bicyclic) bond motifs is 6. The summed E-state index contributed by atoms with van der Waals surface area (Å²) in [6.07, 6.45) is 15.4. The van der Waals surface area contributed by atoms with E-state index in [2.05, 4.69) is 32.6 Å². The van der Waals surface area contributed by atoms with Gasteiger partial charge in [-0.2, -0.15) is 0 Å². The van der Waals surface area contributed by atoms with Gasteiger partial charge in [0.05, 0.1) is 30.0 Å². The van der Waals surface area contributed by atoms with Gasteiger partial charge in [-0.1, -0.05) is 56.7 Å². The maximum atomic E-state index is 16.9. The molecule has 9 nitrogen and oxygen atoms in total. The van der Waals surface area contributed by atoms with Crippen LogP contribution in [-0.2, 0) is 14.3 Å². The number of Topliss-reactive ketones (excluding diaryl/α,β-unsaturated/α-hetero) is 1. The lowest BCUT2D eigenvalue weighted by molar-refractivity contribution is -0.219. The molecule has 7 aliphatic rings. The maximum absolute atomic E-state index is 16.9. The van der Waals surface area contributed by atoms with Crippen LogP contribution in [-0.4, -0.2) is 96.7 Å². The molecule has 6 saturated carbocycles. The van der Waals surface area contributed by atoms with E-state index < -0.39 is 70.2 Å². The molecule has 0 saturated heterocycles. The second kappa shape index (κ2) is 16.2. The molecule has 0 aromatic rings. The number of halogens is 1. The fourth-order valence-electron chi connectivity index (χ4n) is 13.4. The first-order chi connectivity index (χ1) is 27.0. The quantitative estimate of drug-likeness (QED) is 0.159. The summed E-state index contributed by atoms with van der Waals surface area (Å²) in [6, 6.07) is 0. The van der Waals surface area contributed by atoms with Crippen molar-refractivity contribution in [3.05, 3.63) is 59.3 Å². The highest BCUT2D eigenvalue weighted by Gasteiger charge is 2.75. The molecular weight excluding hydrogens is 740 g/mol. The second-order valence-corrected chi connectivity index (χ2v) is 20.6. The van der Waals surface area contributed by atoms with Gasteiger partial charge in [0.25, 0.3) is 0 Å². The zero-order valence-electron chi connectivity index (χ0n) is 36.0. The molecule has 58 heavy (non-hydrogen) atoms. The van der Waals surface area contributed by atoms with Crippen LogP contribution in [0.3, 0.4) is 0 Å². The third-order valence-electron chi connectivity index (χ3n) is 16.8. The molecule has 6 fully saturated rings. The Morgan fingerprint density at radius 1 is 1.09 bits per heavy atom. The van der Waals surface area contributed by atoms with Crippen molar-refractivity contribution in [3.8, 4) is 0 Å². The number of hydrogen-bond acceptors (Lipinski definition) is 9. The normalized spacial score (nSPS) is 45.4. The summed E-state index contributed by atoms with van der Waals surface area (Å²) in [5, 5.41) is 62.1. The number of hydrogen-bond donors (Lipinski definition) is 6. The van der Waals surface area contributed by atoms with E-state index in [1.165, 1.54) is 43.4 Å². The number of alkyl halides is 1. The minimum atomic E-state index is -1.98. The molecule has 7 rings (SSSR count). The van der Waals surface area contributed by atoms with Gasteiger partial charge in [-0.15, -0.1) is 0 Å². The van der Waals surface area contributed by atoms with E-state index in [0.29, 0.717) is 62.5 Å². The summed E-state index contributed by atoms with van der Waals surface area (Å²) in [6.45, 7) is 17.4. The van der Waals surface area contributed by atoms with E-state index in [1.54, 1.807) is 26.8 Å². The molecule has 324 valence electrons. The fourth-order valence-corrected chi connectivity index (χ4v) is 13.4. The van der Waals surface area contributed by atoms with Crippen molar-refractivity contribution in [2.75, 3.05) is 13.2 Å². The lowest BCUT2D eigenvalue weighted by Crippen LogP contribution is -2.69. The van der Waals surface area contributed by atoms with Gasteiger partial charge in [0.1, 0.15) is 12.2 Å². The van der Waals surface area contributed by atoms with E-state index >= 15 is 4.39 Å². The predicted molar refractivity (Wildman–Crippen MR) is 221 cm³/mol. The first-order valence-corrected chi connectivity index (χ1v) is 21.9. The van der Waals surface area contributed by atoms with E-state index in [0.717, 1.165) is 17.6 Å². The van der Waals surface area contributed by atoms with Gasteiger partial charge in [-0.25, -0.2) is 4.39 Å². The number of allylic oxidation sites excluding steroid dienone is 7. The third kappa shape index (κ3) is 7.42. The Morgan fingerprint density at radius 2 is 1.79 bits per heavy atom. The van der Waals surface area contributed by atoms with Gasteiger partial charge in [0, 0.05) is 29.8 Å². The highest BCUT2D eigenvalue weighted by molar-refractivity contribution is 6.01. The van der Waals surface area contributed by atoms with Crippen molar-refractivity contribution >= 4 is 11.6 Å². The van der Waals surface area contributed by atoms with Gasteiger partial charge in [-0.3, -0.25) is 9.59 Å². The number of rotatable bonds is 8. The van der Waals surface area contributed by atoms with Crippen LogP contribution < -0.4 is 0 Å². The standard InChI is InChI=1S/C26H42O4.C22H29FO5/c1-17-20(15-21(27)16-24(17)28)9-8-19-7-6-12-26(5)22(10-11-23(19)26)18(2)30-14-13-25(3,4)29;1-12-8-16-15-5-4-13-9-14(25)6-7-19(13,2)21(15,23)17(26)10-20(16,3)22(12,28)18(27)11-24/h8-9,18,21-24,27-29H,1,6-7,10-16H2,2-5H3;6-7,9,12,15-17,24,26,28H,4-5,8,10-11H2,1-3H3/b19-8+,20-9-;/t18-,21+,22+,23-,24-,26+;12-,15-,16-,17-,19-,20-,21-,22-/m00/s1. The lowest BCUT2D eigenvalue weighted by atomic mass is 9.44. The second-order valence-electron chi connectivity index (χ2n) is 20.6. The Morgan fingerprint density at radius 3 is 2.47 bits per heavy atom. The maximum Gasteiger partial charge on any atom is 0.190 e. The van der Waals surface area contributed by atoms with Gasteiger partial charge >= 0.3 is 0 Å². The highest BCUT2D eigenvalue weighted by atomic mass is 19.1. The zero-order chi connectivity index (χ0) is 42.8. The molecule has 0 aliphatic heterocycles. The van der Waals surface area contributed by atoms with E-state index in [4.69, 9.17) is 4.74 Å². The molecule has 0 radical (unpaired) electrons. The minimum Gasteiger partial charge on any atom is -0.393 e. The average Bonchev–Trinajstić information content (AvgIpc) is 3.60. The average molecular weight is 811 g/mol. The predicted octanol–water partition coefficient (Wildman–Crippen LogP) is 6.59. The number of carbonyl (C=O) groups is 2. The SMILES string of the molecule is C=C1/C(=C\C=C2/CCC[C@]3(C)[C@@H]([C@H](C)OCCC(C)(C)O)CC[C@@H]23)C[C@@H](O)C[C@@H]1O.C[C@H]1C[C@H]2[C@@H]3CCC4=CC(=O)C=C[C@]4(C)[C@@]3(F)[C@@H](O)C[C@]2(C)[C@@]1(O)C(=O)CO. The summed E-state index contributed by atoms with van der Waals surface area (Å²) in [5.74, 6) is -1.01. The van der Waals surface area contributed by atoms with Crippen LogP contribution in [0.1, 0.15) is 126 Å². The largest absolute Gasteiger partial charge is 0.393 e. The number of carbonyl (C=O) groups excluding carboxylic acids is 2. The molecule has 0 aromatic heterocycles. The van der Waals surface area contributed by atoms with Crippen LogP contribution in [0.25, 0.3) is 0 Å². The first kappa shape index (κ1) is 45.2. The zero-order valence-corrected chi connectivity index (χ0v) is 36.0. The monoisotopic (exact) mass is 811 g/mol. The van der Waals surface area contributed by atoms with Gasteiger partial charge < -0.3 is 35.4 Å². The summed E-state index contributed by atoms with van der Waals surface area (Å²) >= 11 is 0. The Bertz CT molecular complexity index is 1740. The van der Waals surface area contributed by atoms with Crippen molar-refractivity contribution in [2.24, 2.45) is 45.8 Å². The van der Waals surface area contributed by atoms with Crippen LogP contribution in [0.2, 0.25) is 0 Å². The Labute approximate surface area is 345 Å². The number of ketones is 2. The Kier molecular flexibility index (Phi) is 12.6.